The Morgan fingerprint density at radius 2 is 2.05 bits per heavy atom. The molecule has 1 aliphatic rings. The monoisotopic (exact) mass is 266 g/mol. The molecule has 0 radical (unpaired) electrons. The van der Waals surface area contributed by atoms with Crippen LogP contribution in [0.25, 0.3) is 0 Å². The zero-order valence-electron chi connectivity index (χ0n) is 11.1. The molecule has 1 aliphatic carbocycles. The van der Waals surface area contributed by atoms with Crippen molar-refractivity contribution in [3.8, 4) is 12.1 Å². The minimum absolute atomic E-state index is 0.0164. The molecule has 20 heavy (non-hydrogen) atoms. The summed E-state index contributed by atoms with van der Waals surface area (Å²) >= 11 is 0. The number of nitriles is 2. The summed E-state index contributed by atoms with van der Waals surface area (Å²) in [7, 11) is 0. The van der Waals surface area contributed by atoms with Crippen LogP contribution >= 0.6 is 0 Å². The van der Waals surface area contributed by atoms with Crippen molar-refractivity contribution in [3.05, 3.63) is 41.1 Å². The lowest BCUT2D eigenvalue weighted by atomic mass is 10.1. The number of amides is 1. The maximum Gasteiger partial charge on any atom is 0.251 e. The van der Waals surface area contributed by atoms with Crippen LogP contribution in [0, 0.1) is 29.6 Å². The molecular weight excluding hydrogens is 252 g/mol. The second kappa shape index (κ2) is 5.90. The maximum absolute atomic E-state index is 12.0. The fraction of sp³-hybridized carbons (Fsp3) is 0.267. The molecule has 5 nitrogen and oxygen atoms in total. The van der Waals surface area contributed by atoms with Gasteiger partial charge in [0.05, 0.1) is 0 Å². The van der Waals surface area contributed by atoms with Crippen molar-refractivity contribution in [1.82, 2.24) is 5.32 Å². The molecule has 1 amide bonds. The summed E-state index contributed by atoms with van der Waals surface area (Å²) in [5, 5.41) is 23.2. The van der Waals surface area contributed by atoms with Gasteiger partial charge in [-0.05, 0) is 37.5 Å². The van der Waals surface area contributed by atoms with Crippen LogP contribution in [0.4, 0.5) is 5.69 Å². The van der Waals surface area contributed by atoms with Crippen molar-refractivity contribution in [3.63, 3.8) is 0 Å². The van der Waals surface area contributed by atoms with E-state index in [9.17, 15) is 4.79 Å². The van der Waals surface area contributed by atoms with Gasteiger partial charge in [0.1, 0.15) is 17.7 Å². The van der Waals surface area contributed by atoms with E-state index in [1.807, 2.05) is 13.0 Å². The molecule has 0 spiro atoms. The normalized spacial score (nSPS) is 12.8. The average molecular weight is 266 g/mol. The van der Waals surface area contributed by atoms with Crippen molar-refractivity contribution >= 4 is 11.6 Å². The van der Waals surface area contributed by atoms with Crippen molar-refractivity contribution in [2.24, 2.45) is 0 Å². The van der Waals surface area contributed by atoms with Crippen LogP contribution in [-0.4, -0.2) is 11.9 Å². The smallest absolute Gasteiger partial charge is 0.251 e. The van der Waals surface area contributed by atoms with E-state index < -0.39 is 0 Å². The number of rotatable bonds is 4. The number of allylic oxidation sites excluding steroid dienone is 1. The molecule has 1 aromatic carbocycles. The Morgan fingerprint density at radius 3 is 2.65 bits per heavy atom. The molecule has 1 fully saturated rings. The highest BCUT2D eigenvalue weighted by atomic mass is 16.1. The van der Waals surface area contributed by atoms with Crippen molar-refractivity contribution in [2.75, 3.05) is 5.32 Å². The highest BCUT2D eigenvalue weighted by Gasteiger charge is 2.23. The molecule has 1 aromatic rings. The molecule has 0 bridgehead atoms. The van der Waals surface area contributed by atoms with Gasteiger partial charge < -0.3 is 10.6 Å². The quantitative estimate of drug-likeness (QED) is 0.818. The molecule has 0 saturated heterocycles. The van der Waals surface area contributed by atoms with E-state index in [0.29, 0.717) is 17.3 Å². The topological polar surface area (TPSA) is 88.7 Å². The van der Waals surface area contributed by atoms with Crippen molar-refractivity contribution in [2.45, 2.75) is 25.8 Å². The van der Waals surface area contributed by atoms with E-state index in [1.54, 1.807) is 24.3 Å². The summed E-state index contributed by atoms with van der Waals surface area (Å²) in [6.45, 7) is 1.89. The summed E-state index contributed by atoms with van der Waals surface area (Å²) < 4.78 is 0. The second-order valence-electron chi connectivity index (χ2n) is 4.70. The number of anilines is 1. The Kier molecular flexibility index (Phi) is 4.02. The first-order chi connectivity index (χ1) is 9.63. The number of benzene rings is 1. The zero-order valence-corrected chi connectivity index (χ0v) is 11.1. The first kappa shape index (κ1) is 13.6. The molecule has 2 rings (SSSR count). The second-order valence-corrected chi connectivity index (χ2v) is 4.70. The standard InChI is InChI=1S/C15H14N4O/c1-10-2-3-12(15(20)19-13-4-5-13)6-14(10)18-9-11(7-16)8-17/h2-3,6,9,13,18H,4-5H2,1H3,(H,19,20). The summed E-state index contributed by atoms with van der Waals surface area (Å²) in [5.74, 6) is -0.0969. The summed E-state index contributed by atoms with van der Waals surface area (Å²) in [6, 6.07) is 9.16. The van der Waals surface area contributed by atoms with E-state index in [0.717, 1.165) is 18.4 Å². The lowest BCUT2D eigenvalue weighted by molar-refractivity contribution is 0.0951. The van der Waals surface area contributed by atoms with Gasteiger partial charge in [-0.25, -0.2) is 0 Å². The third-order valence-corrected chi connectivity index (χ3v) is 3.03. The molecule has 0 unspecified atom stereocenters. The average Bonchev–Trinajstić information content (AvgIpc) is 3.25. The molecule has 2 N–H and O–H groups in total. The Labute approximate surface area is 117 Å². The molecule has 5 heteroatoms. The summed E-state index contributed by atoms with van der Waals surface area (Å²) in [5.41, 5.74) is 2.18. The summed E-state index contributed by atoms with van der Waals surface area (Å²) in [4.78, 5) is 12.0. The molecule has 1 saturated carbocycles. The van der Waals surface area contributed by atoms with Crippen LogP contribution in [-0.2, 0) is 0 Å². The lowest BCUT2D eigenvalue weighted by Crippen LogP contribution is -2.25. The van der Waals surface area contributed by atoms with Crippen LogP contribution in [0.5, 0.6) is 0 Å². The minimum atomic E-state index is -0.0969. The van der Waals surface area contributed by atoms with E-state index in [1.165, 1.54) is 6.20 Å². The Balaban J connectivity index is 2.16. The maximum atomic E-state index is 12.0. The Morgan fingerprint density at radius 1 is 1.35 bits per heavy atom. The van der Waals surface area contributed by atoms with Gasteiger partial charge in [0, 0.05) is 23.5 Å². The molecule has 0 heterocycles. The largest absolute Gasteiger partial charge is 0.360 e. The minimum Gasteiger partial charge on any atom is -0.360 e. The van der Waals surface area contributed by atoms with Gasteiger partial charge in [0.25, 0.3) is 5.91 Å². The Hall–Kier alpha value is -2.79. The number of carbonyl (C=O) groups is 1. The number of aryl methyl sites for hydroxylation is 1. The van der Waals surface area contributed by atoms with Gasteiger partial charge in [0.2, 0.25) is 0 Å². The highest BCUT2D eigenvalue weighted by molar-refractivity contribution is 5.95. The van der Waals surface area contributed by atoms with Gasteiger partial charge >= 0.3 is 0 Å². The fourth-order valence-electron chi connectivity index (χ4n) is 1.65. The zero-order chi connectivity index (χ0) is 14.5. The van der Waals surface area contributed by atoms with Crippen molar-refractivity contribution in [1.29, 1.82) is 10.5 Å². The molecular formula is C15H14N4O. The van der Waals surface area contributed by atoms with E-state index >= 15 is 0 Å². The van der Waals surface area contributed by atoms with Gasteiger partial charge in [-0.3, -0.25) is 4.79 Å². The van der Waals surface area contributed by atoms with Crippen LogP contribution < -0.4 is 10.6 Å². The van der Waals surface area contributed by atoms with Gasteiger partial charge in [0.15, 0.2) is 0 Å². The van der Waals surface area contributed by atoms with Crippen LogP contribution in [0.3, 0.4) is 0 Å². The Bertz CT molecular complexity index is 629. The fourth-order valence-corrected chi connectivity index (χ4v) is 1.65. The number of nitrogens with zero attached hydrogens (tertiary/aromatic N) is 2. The van der Waals surface area contributed by atoms with Crippen molar-refractivity contribution < 1.29 is 4.79 Å². The number of nitrogens with one attached hydrogen (secondary N) is 2. The van der Waals surface area contributed by atoms with Gasteiger partial charge in [-0.15, -0.1) is 0 Å². The summed E-state index contributed by atoms with van der Waals surface area (Å²) in [6.07, 6.45) is 3.42. The number of hydrogen-bond donors (Lipinski definition) is 2. The van der Waals surface area contributed by atoms with Gasteiger partial charge in [-0.2, -0.15) is 10.5 Å². The molecule has 0 aromatic heterocycles. The number of carbonyl (C=O) groups excluding carboxylic acids is 1. The van der Waals surface area contributed by atoms with Crippen LogP contribution in [0.1, 0.15) is 28.8 Å². The highest BCUT2D eigenvalue weighted by Crippen LogP contribution is 2.21. The first-order valence-corrected chi connectivity index (χ1v) is 6.32. The molecule has 100 valence electrons. The predicted molar refractivity (Wildman–Crippen MR) is 74.6 cm³/mol. The van der Waals surface area contributed by atoms with E-state index in [2.05, 4.69) is 10.6 Å². The molecule has 0 atom stereocenters. The lowest BCUT2D eigenvalue weighted by Gasteiger charge is -2.09. The van der Waals surface area contributed by atoms with Crippen LogP contribution in [0.15, 0.2) is 30.0 Å². The predicted octanol–water partition coefficient (Wildman–Crippen LogP) is 2.23. The first-order valence-electron chi connectivity index (χ1n) is 6.32. The number of hydrogen-bond acceptors (Lipinski definition) is 4. The third kappa shape index (κ3) is 3.37. The van der Waals surface area contributed by atoms with Crippen LogP contribution in [0.2, 0.25) is 0 Å². The SMILES string of the molecule is Cc1ccc(C(=O)NC2CC2)cc1NC=C(C#N)C#N. The molecule has 0 aliphatic heterocycles. The van der Waals surface area contributed by atoms with Gasteiger partial charge in [-0.1, -0.05) is 6.07 Å². The van der Waals surface area contributed by atoms with E-state index in [4.69, 9.17) is 10.5 Å². The van der Waals surface area contributed by atoms with E-state index in [-0.39, 0.29) is 11.5 Å². The third-order valence-electron chi connectivity index (χ3n) is 3.03.